The van der Waals surface area contributed by atoms with Crippen molar-refractivity contribution in [3.63, 3.8) is 0 Å². The number of sulfonamides is 1. The van der Waals surface area contributed by atoms with Crippen molar-refractivity contribution in [2.45, 2.75) is 36.2 Å². The lowest BCUT2D eigenvalue weighted by Crippen LogP contribution is -2.47. The normalized spacial score (nSPS) is 17.5. The van der Waals surface area contributed by atoms with Gasteiger partial charge in [-0.05, 0) is 38.1 Å². The van der Waals surface area contributed by atoms with Crippen LogP contribution in [-0.2, 0) is 17.1 Å². The van der Waals surface area contributed by atoms with Gasteiger partial charge in [0.2, 0.25) is 10.0 Å². The minimum absolute atomic E-state index is 0.0619. The zero-order valence-electron chi connectivity index (χ0n) is 16.9. The Morgan fingerprint density at radius 3 is 2.59 bits per heavy atom. The number of hydrogen-bond donors (Lipinski definition) is 3. The van der Waals surface area contributed by atoms with Gasteiger partial charge in [0.15, 0.2) is 12.0 Å². The number of anilines is 1. The number of aliphatic hydroxyl groups excluding tert-OH is 1. The molecule has 178 valence electrons. The zero-order chi connectivity index (χ0) is 23.7. The minimum atomic E-state index is -4.33. The van der Waals surface area contributed by atoms with Crippen LogP contribution < -0.4 is 10.0 Å². The van der Waals surface area contributed by atoms with E-state index in [9.17, 15) is 26.7 Å². The Balaban J connectivity index is 1.70. The molecule has 0 bridgehead atoms. The number of pyridine rings is 1. The second-order valence-electron chi connectivity index (χ2n) is 7.50. The maximum Gasteiger partial charge on any atom is 0.401 e. The molecule has 3 rings (SSSR count). The Morgan fingerprint density at radius 2 is 2.00 bits per heavy atom. The molecule has 0 radical (unpaired) electrons. The lowest BCUT2D eigenvalue weighted by molar-refractivity contribution is -0.148. The van der Waals surface area contributed by atoms with E-state index in [2.05, 4.69) is 15.0 Å². The summed E-state index contributed by atoms with van der Waals surface area (Å²) in [5, 5.41) is 13.2. The SMILES string of the molecule is Cn1cc(S(=O)(=O)NC2CCN(CC(F)(F)F)CC2)c(F)c1C(O)Nc1ccnc(Cl)c1. The fraction of sp³-hybridized carbons (Fsp3) is 0.500. The summed E-state index contributed by atoms with van der Waals surface area (Å²) in [5.74, 6) is -1.14. The third-order valence-corrected chi connectivity index (χ3v) is 6.74. The molecule has 3 N–H and O–H groups in total. The van der Waals surface area contributed by atoms with Gasteiger partial charge in [-0.3, -0.25) is 4.90 Å². The highest BCUT2D eigenvalue weighted by atomic mass is 35.5. The van der Waals surface area contributed by atoms with Crippen LogP contribution in [0, 0.1) is 5.82 Å². The van der Waals surface area contributed by atoms with Gasteiger partial charge < -0.3 is 15.0 Å². The van der Waals surface area contributed by atoms with E-state index < -0.39 is 45.7 Å². The molecule has 1 aliphatic heterocycles. The van der Waals surface area contributed by atoms with E-state index in [0.717, 1.165) is 10.8 Å². The molecule has 1 atom stereocenters. The lowest BCUT2D eigenvalue weighted by Gasteiger charge is -2.32. The number of hydrogen-bond acceptors (Lipinski definition) is 6. The van der Waals surface area contributed by atoms with Crippen molar-refractivity contribution in [2.24, 2.45) is 7.05 Å². The molecular weight excluding hydrogens is 478 g/mol. The number of aryl methyl sites for hydroxylation is 1. The van der Waals surface area contributed by atoms with E-state index in [0.29, 0.717) is 5.69 Å². The van der Waals surface area contributed by atoms with Gasteiger partial charge in [0.05, 0.1) is 6.54 Å². The first-order valence-electron chi connectivity index (χ1n) is 9.58. The van der Waals surface area contributed by atoms with Crippen LogP contribution in [0.4, 0.5) is 23.2 Å². The minimum Gasteiger partial charge on any atom is -0.368 e. The molecule has 0 spiro atoms. The fourth-order valence-corrected chi connectivity index (χ4v) is 5.16. The van der Waals surface area contributed by atoms with Crippen LogP contribution in [0.5, 0.6) is 0 Å². The molecule has 2 aromatic heterocycles. The molecule has 0 amide bonds. The second-order valence-corrected chi connectivity index (χ2v) is 9.57. The monoisotopic (exact) mass is 499 g/mol. The Kier molecular flexibility index (Phi) is 7.34. The predicted octanol–water partition coefficient (Wildman–Crippen LogP) is 2.62. The molecule has 32 heavy (non-hydrogen) atoms. The van der Waals surface area contributed by atoms with Crippen molar-refractivity contribution >= 4 is 27.3 Å². The molecule has 1 fully saturated rings. The molecule has 1 unspecified atom stereocenters. The fourth-order valence-electron chi connectivity index (χ4n) is 3.55. The maximum absolute atomic E-state index is 15.0. The third kappa shape index (κ3) is 6.10. The molecule has 1 saturated heterocycles. The van der Waals surface area contributed by atoms with Gasteiger partial charge in [-0.2, -0.15) is 13.2 Å². The number of piperidine rings is 1. The van der Waals surface area contributed by atoms with Crippen molar-refractivity contribution in [1.29, 1.82) is 0 Å². The van der Waals surface area contributed by atoms with Gasteiger partial charge in [-0.1, -0.05) is 11.6 Å². The summed E-state index contributed by atoms with van der Waals surface area (Å²) in [5.41, 5.74) is 0.0181. The first kappa shape index (κ1) is 24.7. The van der Waals surface area contributed by atoms with Crippen molar-refractivity contribution < 1.29 is 31.1 Å². The van der Waals surface area contributed by atoms with Gasteiger partial charge in [0.25, 0.3) is 0 Å². The third-order valence-electron chi connectivity index (χ3n) is 5.02. The topological polar surface area (TPSA) is 99.5 Å². The summed E-state index contributed by atoms with van der Waals surface area (Å²) in [4.78, 5) is 4.32. The molecule has 14 heteroatoms. The van der Waals surface area contributed by atoms with Crippen LogP contribution in [0.3, 0.4) is 0 Å². The average Bonchev–Trinajstić information content (AvgIpc) is 2.97. The van der Waals surface area contributed by atoms with E-state index in [1.54, 1.807) is 0 Å². The number of aliphatic hydroxyl groups is 1. The van der Waals surface area contributed by atoms with E-state index >= 15 is 4.39 Å². The Bertz CT molecular complexity index is 1060. The van der Waals surface area contributed by atoms with Gasteiger partial charge in [-0.25, -0.2) is 22.5 Å². The van der Waals surface area contributed by atoms with Crippen molar-refractivity contribution in [3.05, 3.63) is 41.2 Å². The Hall–Kier alpha value is -1.93. The van der Waals surface area contributed by atoms with Crippen LogP contribution >= 0.6 is 11.6 Å². The molecule has 0 aromatic carbocycles. The number of rotatable bonds is 7. The largest absolute Gasteiger partial charge is 0.401 e. The maximum atomic E-state index is 15.0. The van der Waals surface area contributed by atoms with Gasteiger partial charge >= 0.3 is 6.18 Å². The molecular formula is C18H22ClF4N5O3S. The highest BCUT2D eigenvalue weighted by Gasteiger charge is 2.35. The van der Waals surface area contributed by atoms with Crippen LogP contribution in [0.2, 0.25) is 5.15 Å². The number of nitrogens with one attached hydrogen (secondary N) is 2. The molecule has 2 aromatic rings. The Morgan fingerprint density at radius 1 is 1.34 bits per heavy atom. The van der Waals surface area contributed by atoms with Crippen molar-refractivity contribution in [3.8, 4) is 0 Å². The summed E-state index contributed by atoms with van der Waals surface area (Å²) in [6.07, 6.45) is -3.21. The summed E-state index contributed by atoms with van der Waals surface area (Å²) in [6, 6.07) is 2.26. The summed E-state index contributed by atoms with van der Waals surface area (Å²) in [6.45, 7) is -0.935. The van der Waals surface area contributed by atoms with Crippen LogP contribution in [-0.4, -0.2) is 59.8 Å². The van der Waals surface area contributed by atoms with Crippen LogP contribution in [0.1, 0.15) is 24.8 Å². The van der Waals surface area contributed by atoms with Gasteiger partial charge in [0, 0.05) is 31.2 Å². The van der Waals surface area contributed by atoms with E-state index in [4.69, 9.17) is 11.6 Å². The molecule has 3 heterocycles. The van der Waals surface area contributed by atoms with Crippen molar-refractivity contribution in [2.75, 3.05) is 25.0 Å². The number of nitrogens with zero attached hydrogens (tertiary/aromatic N) is 3. The smallest absolute Gasteiger partial charge is 0.368 e. The highest BCUT2D eigenvalue weighted by Crippen LogP contribution is 2.28. The summed E-state index contributed by atoms with van der Waals surface area (Å²) >= 11 is 5.78. The number of aromatic nitrogens is 2. The lowest BCUT2D eigenvalue weighted by atomic mass is 10.1. The quantitative estimate of drug-likeness (QED) is 0.308. The number of halogens is 5. The van der Waals surface area contributed by atoms with Crippen molar-refractivity contribution in [1.82, 2.24) is 19.2 Å². The summed E-state index contributed by atoms with van der Waals surface area (Å²) < 4.78 is 81.5. The predicted molar refractivity (Wildman–Crippen MR) is 109 cm³/mol. The summed E-state index contributed by atoms with van der Waals surface area (Å²) in [7, 11) is -2.94. The van der Waals surface area contributed by atoms with E-state index in [1.165, 1.54) is 30.3 Å². The molecule has 0 aliphatic carbocycles. The number of likely N-dealkylation sites (tertiary alicyclic amines) is 1. The Labute approximate surface area is 187 Å². The van der Waals surface area contributed by atoms with E-state index in [-0.39, 0.29) is 36.8 Å². The van der Waals surface area contributed by atoms with Crippen LogP contribution in [0.25, 0.3) is 0 Å². The standard InChI is InChI=1S/C18H22ClF4N5O3S/c1-27-9-13(15(20)16(27)17(29)25-12-2-5-24-14(19)8-12)32(30,31)26-11-3-6-28(7-4-11)10-18(21,22)23/h2,5,8-9,11,17,26,29H,3-4,6-7,10H2,1H3,(H,24,25). The first-order chi connectivity index (χ1) is 14.9. The van der Waals surface area contributed by atoms with Gasteiger partial charge in [0.1, 0.15) is 15.7 Å². The second kappa shape index (κ2) is 9.51. The highest BCUT2D eigenvalue weighted by molar-refractivity contribution is 7.89. The molecule has 0 saturated carbocycles. The molecule has 8 nitrogen and oxygen atoms in total. The number of alkyl halides is 3. The first-order valence-corrected chi connectivity index (χ1v) is 11.4. The average molecular weight is 500 g/mol. The zero-order valence-corrected chi connectivity index (χ0v) is 18.5. The van der Waals surface area contributed by atoms with Crippen LogP contribution in [0.15, 0.2) is 29.4 Å². The van der Waals surface area contributed by atoms with E-state index in [1.807, 2.05) is 0 Å². The molecule has 1 aliphatic rings. The van der Waals surface area contributed by atoms with Gasteiger partial charge in [-0.15, -0.1) is 0 Å².